The van der Waals surface area contributed by atoms with Crippen molar-refractivity contribution in [3.8, 4) is 11.3 Å². The summed E-state index contributed by atoms with van der Waals surface area (Å²) in [6.07, 6.45) is 3.73. The van der Waals surface area contributed by atoms with Crippen LogP contribution in [0.2, 0.25) is 0 Å². The fourth-order valence-corrected chi connectivity index (χ4v) is 3.19. The van der Waals surface area contributed by atoms with Crippen LogP contribution in [-0.2, 0) is 7.05 Å². The highest BCUT2D eigenvalue weighted by Gasteiger charge is 2.24. The molecule has 110 valence electrons. The maximum absolute atomic E-state index is 6.08. The SMILES string of the molecule is Cc1cc(C)c(C)c(-c2c3oc4ccoc4c3cc[n+]2C)c1. The molecule has 0 radical (unpaired) electrons. The van der Waals surface area contributed by atoms with Crippen LogP contribution in [0.4, 0.5) is 0 Å². The Hall–Kier alpha value is -2.55. The van der Waals surface area contributed by atoms with E-state index in [2.05, 4.69) is 50.7 Å². The molecule has 0 atom stereocenters. The molecule has 0 N–H and O–H groups in total. The van der Waals surface area contributed by atoms with Crippen molar-refractivity contribution < 1.29 is 13.4 Å². The Morgan fingerprint density at radius 3 is 2.64 bits per heavy atom. The van der Waals surface area contributed by atoms with Crippen molar-refractivity contribution in [2.45, 2.75) is 20.8 Å². The van der Waals surface area contributed by atoms with E-state index in [-0.39, 0.29) is 0 Å². The van der Waals surface area contributed by atoms with Crippen LogP contribution in [0.5, 0.6) is 0 Å². The summed E-state index contributed by atoms with van der Waals surface area (Å²) in [6.45, 7) is 6.44. The van der Waals surface area contributed by atoms with Crippen LogP contribution in [0.3, 0.4) is 0 Å². The van der Waals surface area contributed by atoms with Gasteiger partial charge in [-0.05, 0) is 38.0 Å². The van der Waals surface area contributed by atoms with E-state index >= 15 is 0 Å². The van der Waals surface area contributed by atoms with Gasteiger partial charge < -0.3 is 8.83 Å². The fourth-order valence-electron chi connectivity index (χ4n) is 3.19. The van der Waals surface area contributed by atoms with Crippen LogP contribution >= 0.6 is 0 Å². The van der Waals surface area contributed by atoms with Crippen molar-refractivity contribution >= 4 is 22.1 Å². The molecule has 3 aromatic heterocycles. The second kappa shape index (κ2) is 4.47. The Balaban J connectivity index is 2.16. The average molecular weight is 292 g/mol. The topological polar surface area (TPSA) is 30.2 Å². The predicted octanol–water partition coefficient (Wildman–Crippen LogP) is 4.60. The first kappa shape index (κ1) is 13.1. The number of nitrogens with zero attached hydrogens (tertiary/aromatic N) is 1. The Morgan fingerprint density at radius 2 is 1.82 bits per heavy atom. The van der Waals surface area contributed by atoms with Gasteiger partial charge >= 0.3 is 0 Å². The third-order valence-corrected chi connectivity index (χ3v) is 4.43. The smallest absolute Gasteiger partial charge is 0.256 e. The molecule has 0 spiro atoms. The summed E-state index contributed by atoms with van der Waals surface area (Å²) in [5.41, 5.74) is 8.63. The van der Waals surface area contributed by atoms with E-state index in [1.807, 2.05) is 12.1 Å². The second-order valence-corrected chi connectivity index (χ2v) is 5.99. The van der Waals surface area contributed by atoms with Crippen molar-refractivity contribution in [1.29, 1.82) is 0 Å². The summed E-state index contributed by atoms with van der Waals surface area (Å²) in [4.78, 5) is 0. The highest BCUT2D eigenvalue weighted by Crippen LogP contribution is 2.35. The van der Waals surface area contributed by atoms with Gasteiger partial charge in [0.25, 0.3) is 5.69 Å². The minimum absolute atomic E-state index is 0.796. The summed E-state index contributed by atoms with van der Waals surface area (Å²) in [5.74, 6) is 0. The zero-order chi connectivity index (χ0) is 15.4. The zero-order valence-corrected chi connectivity index (χ0v) is 13.2. The number of fused-ring (bicyclic) bond motifs is 3. The lowest BCUT2D eigenvalue weighted by atomic mass is 9.96. The molecule has 0 aliphatic carbocycles. The van der Waals surface area contributed by atoms with E-state index in [1.54, 1.807) is 6.26 Å². The van der Waals surface area contributed by atoms with Crippen molar-refractivity contribution in [2.75, 3.05) is 0 Å². The minimum Gasteiger partial charge on any atom is -0.460 e. The molecule has 0 aliphatic heterocycles. The summed E-state index contributed by atoms with van der Waals surface area (Å²) in [7, 11) is 2.05. The minimum atomic E-state index is 0.796. The molecule has 0 fully saturated rings. The summed E-state index contributed by atoms with van der Waals surface area (Å²) < 4.78 is 13.8. The van der Waals surface area contributed by atoms with Crippen LogP contribution < -0.4 is 4.57 Å². The van der Waals surface area contributed by atoms with Crippen LogP contribution in [0.1, 0.15) is 16.7 Å². The predicted molar refractivity (Wildman–Crippen MR) is 86.8 cm³/mol. The number of rotatable bonds is 1. The molecule has 0 bridgehead atoms. The van der Waals surface area contributed by atoms with Gasteiger partial charge in [0.2, 0.25) is 5.58 Å². The molecule has 0 aliphatic rings. The van der Waals surface area contributed by atoms with Gasteiger partial charge in [-0.25, -0.2) is 0 Å². The van der Waals surface area contributed by atoms with Crippen molar-refractivity contribution in [1.82, 2.24) is 0 Å². The number of aryl methyl sites for hydroxylation is 3. The molecule has 1 aromatic carbocycles. The first-order chi connectivity index (χ1) is 10.6. The average Bonchev–Trinajstić information content (AvgIpc) is 3.03. The summed E-state index contributed by atoms with van der Waals surface area (Å²) in [6, 6.07) is 8.36. The summed E-state index contributed by atoms with van der Waals surface area (Å²) in [5, 5.41) is 1.02. The Labute approximate surface area is 128 Å². The third kappa shape index (κ3) is 1.72. The second-order valence-electron chi connectivity index (χ2n) is 5.99. The molecule has 22 heavy (non-hydrogen) atoms. The van der Waals surface area contributed by atoms with Gasteiger partial charge in [-0.3, -0.25) is 0 Å². The lowest BCUT2D eigenvalue weighted by molar-refractivity contribution is -0.659. The van der Waals surface area contributed by atoms with Gasteiger partial charge in [0.15, 0.2) is 17.4 Å². The summed E-state index contributed by atoms with van der Waals surface area (Å²) >= 11 is 0. The fraction of sp³-hybridized carbons (Fsp3) is 0.211. The van der Waals surface area contributed by atoms with Gasteiger partial charge in [0.1, 0.15) is 7.05 Å². The van der Waals surface area contributed by atoms with E-state index < -0.39 is 0 Å². The maximum atomic E-state index is 6.08. The number of benzene rings is 1. The van der Waals surface area contributed by atoms with Crippen molar-refractivity contribution in [3.63, 3.8) is 0 Å². The van der Waals surface area contributed by atoms with Crippen molar-refractivity contribution in [2.24, 2.45) is 7.05 Å². The highest BCUT2D eigenvalue weighted by molar-refractivity contribution is 6.05. The molecule has 4 aromatic rings. The quantitative estimate of drug-likeness (QED) is 0.480. The number of pyridine rings is 1. The standard InChI is InChI=1S/C19H18NO2/c1-11-9-12(2)13(3)15(10-11)17-19-14(5-7-20(17)4)18-16(22-19)6-8-21-18/h5-10H,1-4H3/q+1. The van der Waals surface area contributed by atoms with E-state index in [9.17, 15) is 0 Å². The van der Waals surface area contributed by atoms with E-state index in [0.717, 1.165) is 27.8 Å². The number of hydrogen-bond donors (Lipinski definition) is 0. The molecule has 0 unspecified atom stereocenters. The van der Waals surface area contributed by atoms with Gasteiger partial charge in [-0.2, -0.15) is 4.57 Å². The largest absolute Gasteiger partial charge is 0.460 e. The number of furan rings is 2. The molecule has 3 heteroatoms. The first-order valence-electron chi connectivity index (χ1n) is 7.43. The van der Waals surface area contributed by atoms with Gasteiger partial charge in [-0.1, -0.05) is 11.6 Å². The molecular formula is C19H18NO2+. The highest BCUT2D eigenvalue weighted by atomic mass is 16.4. The molecule has 4 rings (SSSR count). The Morgan fingerprint density at radius 1 is 1.00 bits per heavy atom. The molecular weight excluding hydrogens is 274 g/mol. The maximum Gasteiger partial charge on any atom is 0.256 e. The lowest BCUT2D eigenvalue weighted by Crippen LogP contribution is -2.30. The number of hydrogen-bond acceptors (Lipinski definition) is 2. The van der Waals surface area contributed by atoms with E-state index in [0.29, 0.717) is 0 Å². The zero-order valence-electron chi connectivity index (χ0n) is 13.2. The molecule has 0 saturated carbocycles. The first-order valence-corrected chi connectivity index (χ1v) is 7.43. The molecule has 3 nitrogen and oxygen atoms in total. The van der Waals surface area contributed by atoms with E-state index in [4.69, 9.17) is 8.83 Å². The monoisotopic (exact) mass is 292 g/mol. The Bertz CT molecular complexity index is 1020. The van der Waals surface area contributed by atoms with Crippen LogP contribution in [0.25, 0.3) is 33.4 Å². The van der Waals surface area contributed by atoms with E-state index in [1.165, 1.54) is 22.3 Å². The van der Waals surface area contributed by atoms with Crippen molar-refractivity contribution in [3.05, 3.63) is 53.4 Å². The Kier molecular flexibility index (Phi) is 2.67. The molecule has 3 heterocycles. The van der Waals surface area contributed by atoms with Gasteiger partial charge in [-0.15, -0.1) is 0 Å². The van der Waals surface area contributed by atoms with Crippen LogP contribution in [0.15, 0.2) is 45.6 Å². The van der Waals surface area contributed by atoms with Crippen LogP contribution in [0, 0.1) is 20.8 Å². The normalized spacial score (nSPS) is 11.6. The van der Waals surface area contributed by atoms with Crippen LogP contribution in [-0.4, -0.2) is 0 Å². The third-order valence-electron chi connectivity index (χ3n) is 4.43. The number of aromatic nitrogens is 1. The molecule has 0 saturated heterocycles. The lowest BCUT2D eigenvalue weighted by Gasteiger charge is -2.09. The van der Waals surface area contributed by atoms with Gasteiger partial charge in [0, 0.05) is 12.1 Å². The van der Waals surface area contributed by atoms with Gasteiger partial charge in [0.05, 0.1) is 17.2 Å². The molecule has 0 amide bonds.